The Morgan fingerprint density at radius 1 is 0.333 bits per heavy atom. The van der Waals surface area contributed by atoms with Gasteiger partial charge in [0.2, 0.25) is 0 Å². The zero-order valence-electron chi connectivity index (χ0n) is 31.0. The van der Waals surface area contributed by atoms with Crippen LogP contribution in [0.5, 0.6) is 0 Å². The molecule has 8 aromatic carbocycles. The van der Waals surface area contributed by atoms with Crippen molar-refractivity contribution in [1.82, 2.24) is 15.0 Å². The number of hydrogen-bond donors (Lipinski definition) is 0. The van der Waals surface area contributed by atoms with Gasteiger partial charge in [-0.05, 0) is 72.6 Å². The van der Waals surface area contributed by atoms with Crippen molar-refractivity contribution in [3.8, 4) is 74.1 Å². The molecule has 0 aliphatic heterocycles. The molecule has 0 fully saturated rings. The van der Waals surface area contributed by atoms with Crippen molar-refractivity contribution in [2.75, 3.05) is 0 Å². The van der Waals surface area contributed by atoms with E-state index in [-0.39, 0.29) is 0 Å². The molecule has 0 atom stereocenters. The van der Waals surface area contributed by atoms with Crippen LogP contribution in [-0.4, -0.2) is 15.0 Å². The Balaban J connectivity index is 1.11. The second kappa shape index (κ2) is 14.2. The maximum atomic E-state index is 5.71. The van der Waals surface area contributed by atoms with E-state index in [0.717, 1.165) is 44.6 Å². The Morgan fingerprint density at radius 3 is 1.18 bits per heavy atom. The van der Waals surface area contributed by atoms with Crippen LogP contribution in [0.3, 0.4) is 0 Å². The predicted molar refractivity (Wildman–Crippen MR) is 232 cm³/mol. The minimum absolute atomic E-state index is 0.568. The van der Waals surface area contributed by atoms with Gasteiger partial charge in [0, 0.05) is 28.8 Å². The third-order valence-corrected chi connectivity index (χ3v) is 11.1. The number of fused-ring (bicyclic) bond motifs is 3. The third-order valence-electron chi connectivity index (χ3n) is 11.1. The van der Waals surface area contributed by atoms with Crippen LogP contribution in [0.1, 0.15) is 22.3 Å². The van der Waals surface area contributed by atoms with Gasteiger partial charge in [0.25, 0.3) is 6.57 Å². The van der Waals surface area contributed by atoms with Crippen LogP contribution in [0, 0.1) is 6.57 Å². The van der Waals surface area contributed by atoms with E-state index < -0.39 is 5.41 Å². The molecule has 10 rings (SSSR count). The molecule has 0 bridgehead atoms. The zero-order valence-corrected chi connectivity index (χ0v) is 31.0. The van der Waals surface area contributed by atoms with Gasteiger partial charge >= 0.3 is 5.69 Å². The summed E-state index contributed by atoms with van der Waals surface area (Å²) in [6.07, 6.45) is 0. The Hall–Kier alpha value is -7.74. The maximum Gasteiger partial charge on any atom is 0.340 e. The van der Waals surface area contributed by atoms with Gasteiger partial charge in [0.1, 0.15) is 0 Å². The van der Waals surface area contributed by atoms with Crippen molar-refractivity contribution in [3.63, 3.8) is 0 Å². The van der Waals surface area contributed by atoms with Gasteiger partial charge in [-0.3, -0.25) is 0 Å². The largest absolute Gasteiger partial charge is 0.340 e. The molecule has 4 heteroatoms. The summed E-state index contributed by atoms with van der Waals surface area (Å²) in [6.45, 7) is 5.71. The summed E-state index contributed by atoms with van der Waals surface area (Å²) >= 11 is 0. The summed E-state index contributed by atoms with van der Waals surface area (Å²) in [5, 5.41) is 0. The van der Waals surface area contributed by atoms with E-state index in [2.05, 4.69) is 132 Å². The molecule has 57 heavy (non-hydrogen) atoms. The first kappa shape index (κ1) is 33.8. The minimum atomic E-state index is -0.568. The lowest BCUT2D eigenvalue weighted by Gasteiger charge is -2.34. The molecule has 1 aliphatic rings. The van der Waals surface area contributed by atoms with Crippen LogP contribution in [0.25, 0.3) is 72.4 Å². The first-order chi connectivity index (χ1) is 28.2. The molecule has 0 unspecified atom stereocenters. The van der Waals surface area contributed by atoms with Crippen molar-refractivity contribution in [1.29, 1.82) is 0 Å². The lowest BCUT2D eigenvalue weighted by atomic mass is 9.67. The summed E-state index contributed by atoms with van der Waals surface area (Å²) in [6, 6.07) is 72.4. The van der Waals surface area contributed by atoms with Crippen molar-refractivity contribution < 1.29 is 0 Å². The van der Waals surface area contributed by atoms with Crippen LogP contribution >= 0.6 is 0 Å². The molecule has 0 amide bonds. The molecule has 1 heterocycles. The highest BCUT2D eigenvalue weighted by atomic mass is 15.0. The second-order valence-corrected chi connectivity index (χ2v) is 14.3. The van der Waals surface area contributed by atoms with Gasteiger partial charge in [-0.25, -0.2) is 15.0 Å². The quantitative estimate of drug-likeness (QED) is 0.164. The SMILES string of the molecule is C#[N+]c1cccc(-c2ccc3c(c2)C(c2ccccc2)(c2ccccc2)c2cc(-c4ccc(-c5nc(-c6ccccc6)nc(-c6ccccc6)n5)cc4)ccc2-3)c1. The summed E-state index contributed by atoms with van der Waals surface area (Å²) in [5.41, 5.74) is 14.8. The normalized spacial score (nSPS) is 12.3. The fraction of sp³-hybridized carbons (Fsp3) is 0.0189. The van der Waals surface area contributed by atoms with Crippen LogP contribution in [0.4, 0.5) is 5.69 Å². The molecule has 266 valence electrons. The van der Waals surface area contributed by atoms with E-state index in [1.807, 2.05) is 78.9 Å². The Kier molecular flexibility index (Phi) is 8.39. The average molecular weight is 728 g/mol. The van der Waals surface area contributed by atoms with Crippen LogP contribution in [-0.2, 0) is 5.41 Å². The van der Waals surface area contributed by atoms with Crippen molar-refractivity contribution in [3.05, 3.63) is 233 Å². The molecule has 1 aromatic heterocycles. The van der Waals surface area contributed by atoms with E-state index in [1.165, 1.54) is 33.4 Å². The van der Waals surface area contributed by atoms with Crippen molar-refractivity contribution in [2.24, 2.45) is 0 Å². The van der Waals surface area contributed by atoms with Gasteiger partial charge in [0.05, 0.1) is 5.41 Å². The van der Waals surface area contributed by atoms with Crippen molar-refractivity contribution >= 4 is 5.69 Å². The number of benzene rings is 8. The third kappa shape index (κ3) is 5.90. The number of aromatic nitrogens is 3. The zero-order chi connectivity index (χ0) is 38.2. The van der Waals surface area contributed by atoms with Gasteiger partial charge in [-0.2, -0.15) is 0 Å². The lowest BCUT2D eigenvalue weighted by Crippen LogP contribution is -2.28. The Morgan fingerprint density at radius 2 is 0.702 bits per heavy atom. The standard InChI is InChI=1S/C53H35N4/c1-54-45-24-14-19-40(33-45)42-30-32-47-46-31-29-41(34-48(46)53(49(47)35-42,43-20-10-4-11-21-43)44-22-12-5-13-23-44)36-25-27-39(28-26-36)52-56-50(37-15-6-2-7-16-37)55-51(57-52)38-17-8-3-9-18-38/h1-35H/q+1. The fourth-order valence-corrected chi connectivity index (χ4v) is 8.36. The van der Waals surface area contributed by atoms with Gasteiger partial charge in [-0.15, -0.1) is 0 Å². The molecule has 1 aliphatic carbocycles. The van der Waals surface area contributed by atoms with E-state index in [1.54, 1.807) is 0 Å². The highest BCUT2D eigenvalue weighted by Crippen LogP contribution is 2.57. The maximum absolute atomic E-state index is 5.71. The Bertz CT molecular complexity index is 2840. The van der Waals surface area contributed by atoms with E-state index in [9.17, 15) is 0 Å². The molecule has 0 saturated heterocycles. The van der Waals surface area contributed by atoms with Gasteiger partial charge in [0.15, 0.2) is 17.5 Å². The van der Waals surface area contributed by atoms with E-state index in [0.29, 0.717) is 17.5 Å². The first-order valence-electron chi connectivity index (χ1n) is 19.1. The fourth-order valence-electron chi connectivity index (χ4n) is 8.36. The number of rotatable bonds is 7. The van der Waals surface area contributed by atoms with E-state index in [4.69, 9.17) is 21.5 Å². The molecule has 0 radical (unpaired) electrons. The summed E-state index contributed by atoms with van der Waals surface area (Å²) < 4.78 is 0. The highest BCUT2D eigenvalue weighted by molar-refractivity contribution is 5.90. The van der Waals surface area contributed by atoms with Gasteiger partial charge in [-0.1, -0.05) is 182 Å². The first-order valence-corrected chi connectivity index (χ1v) is 19.1. The van der Waals surface area contributed by atoms with Crippen molar-refractivity contribution in [2.45, 2.75) is 5.41 Å². The van der Waals surface area contributed by atoms with E-state index >= 15 is 0 Å². The molecular formula is C53H35N4+. The number of hydrogen-bond acceptors (Lipinski definition) is 3. The summed E-state index contributed by atoms with van der Waals surface area (Å²) in [7, 11) is 0. The molecule has 0 N–H and O–H groups in total. The molecule has 0 spiro atoms. The van der Waals surface area contributed by atoms with Crippen LogP contribution in [0.15, 0.2) is 206 Å². The minimum Gasteiger partial charge on any atom is -0.208 e. The molecule has 4 nitrogen and oxygen atoms in total. The van der Waals surface area contributed by atoms with Crippen LogP contribution in [0.2, 0.25) is 0 Å². The number of nitrogens with zero attached hydrogens (tertiary/aromatic N) is 4. The smallest absolute Gasteiger partial charge is 0.208 e. The van der Waals surface area contributed by atoms with Gasteiger partial charge < -0.3 is 0 Å². The second-order valence-electron chi connectivity index (χ2n) is 14.3. The Labute approximate surface area is 332 Å². The summed E-state index contributed by atoms with van der Waals surface area (Å²) in [5.74, 6) is 1.92. The molecule has 9 aromatic rings. The predicted octanol–water partition coefficient (Wildman–Crippen LogP) is 13.2. The lowest BCUT2D eigenvalue weighted by molar-refractivity contribution is 0.769. The topological polar surface area (TPSA) is 43.0 Å². The van der Waals surface area contributed by atoms with Crippen LogP contribution < -0.4 is 0 Å². The highest BCUT2D eigenvalue weighted by Gasteiger charge is 2.46. The average Bonchev–Trinajstić information content (AvgIpc) is 3.60. The summed E-state index contributed by atoms with van der Waals surface area (Å²) in [4.78, 5) is 18.8. The monoisotopic (exact) mass is 727 g/mol. The molecule has 0 saturated carbocycles. The molecular weight excluding hydrogens is 693 g/mol.